The fraction of sp³-hybridized carbons (Fsp3) is 0.396. The van der Waals surface area contributed by atoms with Crippen LogP contribution in [0.1, 0.15) is 70.5 Å². The van der Waals surface area contributed by atoms with E-state index >= 15 is 13.2 Å². The summed E-state index contributed by atoms with van der Waals surface area (Å²) in [6.45, 7) is 5.14. The van der Waals surface area contributed by atoms with Crippen molar-refractivity contribution >= 4 is 46.3 Å². The number of piperidine rings is 1. The van der Waals surface area contributed by atoms with Crippen LogP contribution in [0, 0.1) is 17.1 Å². The van der Waals surface area contributed by atoms with Crippen molar-refractivity contribution in [2.45, 2.75) is 50.6 Å². The molecular weight excluding hydrogens is 886 g/mol. The Morgan fingerprint density at radius 1 is 0.897 bits per heavy atom. The lowest BCUT2D eigenvalue weighted by Crippen LogP contribution is -2.54. The Bertz CT molecular complexity index is 2820. The lowest BCUT2D eigenvalue weighted by molar-refractivity contribution is -0.120. The molecule has 3 fully saturated rings. The highest BCUT2D eigenvalue weighted by Crippen LogP contribution is 2.41. The predicted molar refractivity (Wildman–Crippen MR) is 242 cm³/mol. The number of likely N-dealkylation sites (tertiary alicyclic amines) is 1. The second kappa shape index (κ2) is 18.8. The van der Waals surface area contributed by atoms with Crippen molar-refractivity contribution in [3.05, 3.63) is 94.9 Å². The van der Waals surface area contributed by atoms with E-state index in [1.165, 1.54) is 65.4 Å². The molecule has 0 aliphatic carbocycles. The van der Waals surface area contributed by atoms with Gasteiger partial charge in [0.2, 0.25) is 5.91 Å². The molecule has 5 aromatic rings. The van der Waals surface area contributed by atoms with Crippen molar-refractivity contribution in [1.82, 2.24) is 34.8 Å². The first-order valence-electron chi connectivity index (χ1n) is 22.5. The third-order valence-corrected chi connectivity index (χ3v) is 13.1. The van der Waals surface area contributed by atoms with Gasteiger partial charge in [0, 0.05) is 75.4 Å². The van der Waals surface area contributed by atoms with E-state index in [0.717, 1.165) is 4.90 Å². The van der Waals surface area contributed by atoms with Crippen LogP contribution in [0.2, 0.25) is 0 Å². The molecule has 1 N–H and O–H groups in total. The van der Waals surface area contributed by atoms with E-state index in [1.54, 1.807) is 30.1 Å². The second-order valence-corrected chi connectivity index (χ2v) is 17.1. The van der Waals surface area contributed by atoms with Gasteiger partial charge in [0.1, 0.15) is 11.6 Å². The van der Waals surface area contributed by atoms with Crippen molar-refractivity contribution in [1.29, 1.82) is 5.26 Å². The van der Waals surface area contributed by atoms with Crippen LogP contribution < -0.4 is 29.3 Å². The quantitative estimate of drug-likeness (QED) is 0.121. The van der Waals surface area contributed by atoms with Gasteiger partial charge >= 0.3 is 6.03 Å². The predicted octanol–water partition coefficient (Wildman–Crippen LogP) is 6.38. The number of nitriles is 1. The number of piperazine rings is 1. The van der Waals surface area contributed by atoms with Crippen molar-refractivity contribution in [3.63, 3.8) is 0 Å². The lowest BCUT2D eigenvalue weighted by Gasteiger charge is -2.43. The lowest BCUT2D eigenvalue weighted by atomic mass is 10.0. The van der Waals surface area contributed by atoms with Crippen LogP contribution in [0.25, 0.3) is 10.9 Å². The maximum atomic E-state index is 15.8. The molecule has 0 saturated carbocycles. The highest BCUT2D eigenvalue weighted by molar-refractivity contribution is 6.23. The van der Waals surface area contributed by atoms with Crippen molar-refractivity contribution in [2.24, 2.45) is 7.05 Å². The van der Waals surface area contributed by atoms with Gasteiger partial charge in [0.05, 0.1) is 55.4 Å². The van der Waals surface area contributed by atoms with E-state index in [-0.39, 0.29) is 59.4 Å². The molecule has 3 saturated heterocycles. The minimum atomic E-state index is -3.18. The fourth-order valence-corrected chi connectivity index (χ4v) is 9.61. The van der Waals surface area contributed by atoms with Crippen LogP contribution in [-0.4, -0.2) is 125 Å². The summed E-state index contributed by atoms with van der Waals surface area (Å²) >= 11 is 0. The Morgan fingerprint density at radius 3 is 2.34 bits per heavy atom. The summed E-state index contributed by atoms with van der Waals surface area (Å²) in [5.41, 5.74) is 1.26. The van der Waals surface area contributed by atoms with E-state index in [4.69, 9.17) is 14.2 Å². The molecule has 4 aliphatic rings. The van der Waals surface area contributed by atoms with Crippen LogP contribution >= 0.6 is 0 Å². The van der Waals surface area contributed by atoms with Gasteiger partial charge in [-0.3, -0.25) is 44.0 Å². The number of anilines is 2. The zero-order valence-electron chi connectivity index (χ0n) is 37.7. The topological polar surface area (TPSA) is 179 Å². The molecule has 2 aromatic heterocycles. The third-order valence-electron chi connectivity index (χ3n) is 13.1. The molecule has 0 radical (unpaired) electrons. The average Bonchev–Trinajstić information content (AvgIpc) is 3.78. The number of benzene rings is 3. The number of nitrogens with zero attached hydrogens (tertiary/aromatic N) is 9. The minimum Gasteiger partial charge on any atom is -0.493 e. The number of rotatable bonds is 14. The molecule has 0 bridgehead atoms. The zero-order valence-corrected chi connectivity index (χ0v) is 37.7. The molecule has 5 amide bonds. The molecule has 17 nitrogen and oxygen atoms in total. The minimum absolute atomic E-state index is 0.0772. The maximum Gasteiger partial charge on any atom is 0.329 e. The number of fused-ring (bicyclic) bond motifs is 2. The number of aromatic nitrogens is 3. The van der Waals surface area contributed by atoms with Gasteiger partial charge < -0.3 is 19.1 Å². The number of carbonyl (C=O) groups is 4. The van der Waals surface area contributed by atoms with Gasteiger partial charge in [-0.1, -0.05) is 6.07 Å². The smallest absolute Gasteiger partial charge is 0.329 e. The summed E-state index contributed by atoms with van der Waals surface area (Å²) in [4.78, 5) is 65.3. The van der Waals surface area contributed by atoms with Crippen LogP contribution in [-0.2, 0) is 17.8 Å². The number of ether oxygens (including phenoxy) is 3. The number of nitrogens with one attached hydrogen (secondary N) is 1. The Morgan fingerprint density at radius 2 is 1.65 bits per heavy atom. The van der Waals surface area contributed by atoms with Gasteiger partial charge in [-0.15, -0.1) is 0 Å². The van der Waals surface area contributed by atoms with Crippen LogP contribution in [0.4, 0.5) is 29.6 Å². The molecule has 0 spiro atoms. The number of urea groups is 1. The second-order valence-electron chi connectivity index (χ2n) is 17.1. The van der Waals surface area contributed by atoms with Gasteiger partial charge in [0.15, 0.2) is 28.9 Å². The SMILES string of the molecule is CCOc1cc(C(CC#N)N2C(=O)c3ccnc(N4CCN(C5CCN(CC(F)(F)c6ccc(Oc7cc8c(cc7F)c(N7CCC(=O)NC7=O)nn8C)cc6)CC5)CC4)c3C2=O)ccc1OC. The van der Waals surface area contributed by atoms with E-state index in [2.05, 4.69) is 26.4 Å². The monoisotopic (exact) mass is 934 g/mol. The third kappa shape index (κ3) is 8.74. The zero-order chi connectivity index (χ0) is 47.9. The number of alkyl halides is 2. The summed E-state index contributed by atoms with van der Waals surface area (Å²) in [5, 5.41) is 16.7. The summed E-state index contributed by atoms with van der Waals surface area (Å²) in [7, 11) is 3.14. The highest BCUT2D eigenvalue weighted by Gasteiger charge is 2.44. The number of pyridine rings is 1. The average molecular weight is 935 g/mol. The first-order chi connectivity index (χ1) is 32.8. The molecule has 6 heterocycles. The molecule has 3 aromatic carbocycles. The Balaban J connectivity index is 0.787. The van der Waals surface area contributed by atoms with E-state index < -0.39 is 48.1 Å². The van der Waals surface area contributed by atoms with Gasteiger partial charge in [0.25, 0.3) is 17.7 Å². The Hall–Kier alpha value is -7.24. The number of aryl methyl sites for hydroxylation is 1. The number of imide groups is 2. The van der Waals surface area contributed by atoms with Gasteiger partial charge in [-0.25, -0.2) is 14.2 Å². The van der Waals surface area contributed by atoms with Crippen molar-refractivity contribution in [2.75, 3.05) is 75.9 Å². The number of hydrogen-bond acceptors (Lipinski definition) is 13. The standard InChI is InChI=1S/C48H49F3N10O7/c1-4-67-40-25-29(5-10-38(40)66-3)36(11-16-52)61-45(63)33-12-17-53-44(42(33)46(61)64)59-23-21-58(22-24-59)31-13-18-57(19-14-31)28-48(50,51)30-6-8-32(9-7-30)68-39-27-37-34(26-35(39)49)43(55-56(37)2)60-20-15-41(62)54-47(60)65/h5-10,12,17,25-27,31,36H,4,11,13-15,18-24,28H2,1-3H3,(H,54,62,65). The van der Waals surface area contributed by atoms with Gasteiger partial charge in [-0.2, -0.15) is 19.1 Å². The maximum absolute atomic E-state index is 15.8. The highest BCUT2D eigenvalue weighted by atomic mass is 19.3. The summed E-state index contributed by atoms with van der Waals surface area (Å²) in [6.07, 6.45) is 2.86. The van der Waals surface area contributed by atoms with E-state index in [1.807, 2.05) is 11.8 Å². The summed E-state index contributed by atoms with van der Waals surface area (Å²) in [5.74, 6) is -3.81. The van der Waals surface area contributed by atoms with Gasteiger partial charge in [-0.05, 0) is 86.9 Å². The fourth-order valence-electron chi connectivity index (χ4n) is 9.61. The first kappa shape index (κ1) is 45.9. The molecule has 9 rings (SSSR count). The summed E-state index contributed by atoms with van der Waals surface area (Å²) < 4.78 is 65.3. The van der Waals surface area contributed by atoms with E-state index in [0.29, 0.717) is 92.5 Å². The van der Waals surface area contributed by atoms with Crippen LogP contribution in [0.15, 0.2) is 66.9 Å². The largest absolute Gasteiger partial charge is 0.493 e. The first-order valence-corrected chi connectivity index (χ1v) is 22.5. The molecule has 68 heavy (non-hydrogen) atoms. The number of methoxy groups -OCH3 is 1. The number of hydrogen-bond donors (Lipinski definition) is 1. The van der Waals surface area contributed by atoms with Crippen molar-refractivity contribution in [3.8, 4) is 29.1 Å². The molecular formula is C48H49F3N10O7. The molecule has 1 atom stereocenters. The Kier molecular flexibility index (Phi) is 12.7. The van der Waals surface area contributed by atoms with E-state index in [9.17, 15) is 24.4 Å². The number of amides is 5. The normalized spacial score (nSPS) is 17.9. The molecule has 20 heteroatoms. The summed E-state index contributed by atoms with van der Waals surface area (Å²) in [6, 6.07) is 15.3. The Labute approximate surface area is 389 Å². The van der Waals surface area contributed by atoms with Crippen LogP contribution in [0.3, 0.4) is 0 Å². The number of halogens is 3. The molecule has 4 aliphatic heterocycles. The molecule has 354 valence electrons. The van der Waals surface area contributed by atoms with Crippen molar-refractivity contribution < 1.29 is 46.6 Å². The van der Waals surface area contributed by atoms with Crippen LogP contribution in [0.5, 0.6) is 23.0 Å². The number of carbonyl (C=O) groups excluding carboxylic acids is 4. The molecule has 1 unspecified atom stereocenters.